The third-order valence-electron chi connectivity index (χ3n) is 6.43. The van der Waals surface area contributed by atoms with Crippen LogP contribution in [0.3, 0.4) is 0 Å². The van der Waals surface area contributed by atoms with Gasteiger partial charge in [-0.2, -0.15) is 0 Å². The molecule has 0 spiro atoms. The minimum atomic E-state index is -0.996. The van der Waals surface area contributed by atoms with Crippen molar-refractivity contribution in [1.29, 1.82) is 0 Å². The summed E-state index contributed by atoms with van der Waals surface area (Å²) >= 11 is 0. The molecule has 7 nitrogen and oxygen atoms in total. The molecule has 1 unspecified atom stereocenters. The molecular weight excluding hydrogens is 530 g/mol. The molecule has 3 aromatic carbocycles. The van der Waals surface area contributed by atoms with E-state index < -0.39 is 30.0 Å². The Morgan fingerprint density at radius 1 is 0.833 bits per heavy atom. The first-order valence-electron chi connectivity index (χ1n) is 14.4. The minimum Gasteiger partial charge on any atom is -0.444 e. The van der Waals surface area contributed by atoms with E-state index in [2.05, 4.69) is 11.9 Å². The van der Waals surface area contributed by atoms with E-state index in [9.17, 15) is 9.90 Å². The monoisotopic (exact) mass is 575 g/mol. The van der Waals surface area contributed by atoms with Crippen LogP contribution >= 0.6 is 0 Å². The standard InChI is InChI=1S/C35H45NO6/c1-5-15-30(36-34(38)42-35(2,3)4)22-32(40-24-28-18-11-7-12-19-28)33(41-25-29-20-13-8-14-21-29)31(37)26-39-23-27-16-9-6-10-17-27/h5-14,16-21,30-33,37H,1,15,22-26H2,2-4H3,(H,36,38)/t30?,31-,32-,33-/m1/s1. The van der Waals surface area contributed by atoms with Gasteiger partial charge in [0.1, 0.15) is 17.8 Å². The van der Waals surface area contributed by atoms with Gasteiger partial charge in [0.15, 0.2) is 0 Å². The predicted molar refractivity (Wildman–Crippen MR) is 165 cm³/mol. The molecule has 0 aliphatic heterocycles. The Morgan fingerprint density at radius 3 is 1.83 bits per heavy atom. The number of ether oxygens (including phenoxy) is 4. The number of alkyl carbamates (subject to hydrolysis) is 1. The summed E-state index contributed by atoms with van der Waals surface area (Å²) in [5, 5.41) is 14.4. The molecule has 0 heterocycles. The summed E-state index contributed by atoms with van der Waals surface area (Å²) in [5.41, 5.74) is 2.33. The molecule has 7 heteroatoms. The van der Waals surface area contributed by atoms with Crippen molar-refractivity contribution in [3.63, 3.8) is 0 Å². The molecular formula is C35H45NO6. The van der Waals surface area contributed by atoms with Gasteiger partial charge in [-0.05, 0) is 50.3 Å². The number of carbonyl (C=O) groups is 1. The van der Waals surface area contributed by atoms with Crippen molar-refractivity contribution in [3.8, 4) is 0 Å². The lowest BCUT2D eigenvalue weighted by Gasteiger charge is -2.33. The fraction of sp³-hybridized carbons (Fsp3) is 0.400. The van der Waals surface area contributed by atoms with Crippen molar-refractivity contribution in [3.05, 3.63) is 120 Å². The van der Waals surface area contributed by atoms with Crippen LogP contribution in [0.2, 0.25) is 0 Å². The van der Waals surface area contributed by atoms with E-state index in [-0.39, 0.29) is 19.3 Å². The highest BCUT2D eigenvalue weighted by Gasteiger charge is 2.33. The van der Waals surface area contributed by atoms with Crippen molar-refractivity contribution >= 4 is 6.09 Å². The zero-order chi connectivity index (χ0) is 30.2. The van der Waals surface area contributed by atoms with Gasteiger partial charge in [-0.15, -0.1) is 6.58 Å². The van der Waals surface area contributed by atoms with E-state index in [4.69, 9.17) is 18.9 Å². The van der Waals surface area contributed by atoms with E-state index in [0.717, 1.165) is 16.7 Å². The normalized spacial score (nSPS) is 14.4. The van der Waals surface area contributed by atoms with Crippen LogP contribution in [0.25, 0.3) is 0 Å². The smallest absolute Gasteiger partial charge is 0.407 e. The first kappa shape index (κ1) is 33.0. The van der Waals surface area contributed by atoms with Crippen LogP contribution < -0.4 is 5.32 Å². The summed E-state index contributed by atoms with van der Waals surface area (Å²) in [4.78, 5) is 12.7. The molecule has 4 atom stereocenters. The van der Waals surface area contributed by atoms with Crippen LogP contribution in [0.15, 0.2) is 104 Å². The first-order valence-corrected chi connectivity index (χ1v) is 14.4. The minimum absolute atomic E-state index is 0.0468. The van der Waals surface area contributed by atoms with E-state index in [0.29, 0.717) is 26.1 Å². The highest BCUT2D eigenvalue weighted by atomic mass is 16.6. The number of hydrogen-bond donors (Lipinski definition) is 2. The highest BCUT2D eigenvalue weighted by molar-refractivity contribution is 5.68. The van der Waals surface area contributed by atoms with Gasteiger partial charge in [0.2, 0.25) is 0 Å². The predicted octanol–water partition coefficient (Wildman–Crippen LogP) is 6.59. The van der Waals surface area contributed by atoms with Gasteiger partial charge in [0.05, 0.1) is 32.5 Å². The number of aliphatic hydroxyl groups excluding tert-OH is 1. The molecule has 226 valence electrons. The first-order chi connectivity index (χ1) is 20.2. The number of rotatable bonds is 17. The Balaban J connectivity index is 1.81. The van der Waals surface area contributed by atoms with E-state index in [1.165, 1.54) is 0 Å². The molecule has 0 aliphatic rings. The van der Waals surface area contributed by atoms with Crippen LogP contribution in [0.1, 0.15) is 50.3 Å². The maximum Gasteiger partial charge on any atom is 0.407 e. The summed E-state index contributed by atoms with van der Waals surface area (Å²) in [7, 11) is 0. The largest absolute Gasteiger partial charge is 0.444 e. The number of nitrogens with one attached hydrogen (secondary N) is 1. The lowest BCUT2D eigenvalue weighted by atomic mass is 9.98. The molecule has 0 aromatic heterocycles. The summed E-state index contributed by atoms with van der Waals surface area (Å²) in [5.74, 6) is 0. The Hall–Kier alpha value is -3.49. The molecule has 1 amide bonds. The number of benzene rings is 3. The van der Waals surface area contributed by atoms with Crippen molar-refractivity contribution in [2.24, 2.45) is 0 Å². The second-order valence-electron chi connectivity index (χ2n) is 11.3. The highest BCUT2D eigenvalue weighted by Crippen LogP contribution is 2.21. The van der Waals surface area contributed by atoms with Crippen molar-refractivity contribution in [2.75, 3.05) is 6.61 Å². The number of hydrogen-bond acceptors (Lipinski definition) is 6. The summed E-state index contributed by atoms with van der Waals surface area (Å²) < 4.78 is 24.3. The molecule has 0 bridgehead atoms. The van der Waals surface area contributed by atoms with Crippen LogP contribution in [-0.4, -0.2) is 47.8 Å². The maximum atomic E-state index is 12.7. The van der Waals surface area contributed by atoms with Crippen molar-refractivity contribution < 1.29 is 28.8 Å². The Labute approximate surface area is 250 Å². The molecule has 3 rings (SSSR count). The average Bonchev–Trinajstić information content (AvgIpc) is 2.96. The molecule has 0 saturated heterocycles. The second-order valence-corrected chi connectivity index (χ2v) is 11.3. The number of amides is 1. The Morgan fingerprint density at radius 2 is 1.33 bits per heavy atom. The molecule has 0 fully saturated rings. The lowest BCUT2D eigenvalue weighted by molar-refractivity contribution is -0.150. The quantitative estimate of drug-likeness (QED) is 0.177. The van der Waals surface area contributed by atoms with Gasteiger partial charge >= 0.3 is 6.09 Å². The van der Waals surface area contributed by atoms with Crippen LogP contribution in [0.5, 0.6) is 0 Å². The summed E-state index contributed by atoms with van der Waals surface area (Å²) in [6.07, 6.45) is -0.283. The fourth-order valence-electron chi connectivity index (χ4n) is 4.44. The second kappa shape index (κ2) is 17.5. The van der Waals surface area contributed by atoms with Gasteiger partial charge in [0, 0.05) is 6.04 Å². The maximum absolute atomic E-state index is 12.7. The lowest BCUT2D eigenvalue weighted by Crippen LogP contribution is -2.48. The van der Waals surface area contributed by atoms with Crippen molar-refractivity contribution in [2.45, 2.75) is 83.4 Å². The van der Waals surface area contributed by atoms with E-state index in [1.54, 1.807) is 6.08 Å². The van der Waals surface area contributed by atoms with Crippen LogP contribution in [0.4, 0.5) is 4.79 Å². The van der Waals surface area contributed by atoms with Gasteiger partial charge in [-0.25, -0.2) is 4.79 Å². The third kappa shape index (κ3) is 12.6. The van der Waals surface area contributed by atoms with Crippen LogP contribution in [0, 0.1) is 0 Å². The SMILES string of the molecule is C=CCC(C[C@@H](OCc1ccccc1)[C@H](OCc1ccccc1)[C@H](O)COCc1ccccc1)NC(=O)OC(C)(C)C. The number of aliphatic hydroxyl groups is 1. The average molecular weight is 576 g/mol. The van der Waals surface area contributed by atoms with Gasteiger partial charge in [0.25, 0.3) is 0 Å². The summed E-state index contributed by atoms with van der Waals surface area (Å²) in [6, 6.07) is 29.0. The summed E-state index contributed by atoms with van der Waals surface area (Å²) in [6.45, 7) is 10.3. The van der Waals surface area contributed by atoms with Crippen molar-refractivity contribution in [1.82, 2.24) is 5.32 Å². The van der Waals surface area contributed by atoms with Crippen LogP contribution in [-0.2, 0) is 38.8 Å². The molecule has 2 N–H and O–H groups in total. The molecule has 3 aromatic rings. The van der Waals surface area contributed by atoms with Gasteiger partial charge < -0.3 is 29.4 Å². The molecule has 42 heavy (non-hydrogen) atoms. The van der Waals surface area contributed by atoms with Gasteiger partial charge in [-0.1, -0.05) is 97.1 Å². The fourth-order valence-corrected chi connectivity index (χ4v) is 4.44. The topological polar surface area (TPSA) is 86.3 Å². The van der Waals surface area contributed by atoms with E-state index in [1.807, 2.05) is 112 Å². The zero-order valence-electron chi connectivity index (χ0n) is 25.0. The number of carbonyl (C=O) groups excluding carboxylic acids is 1. The zero-order valence-corrected chi connectivity index (χ0v) is 25.0. The molecule has 0 radical (unpaired) electrons. The third-order valence-corrected chi connectivity index (χ3v) is 6.43. The Kier molecular flexibility index (Phi) is 13.7. The molecule has 0 aliphatic carbocycles. The Bertz CT molecular complexity index is 1170. The van der Waals surface area contributed by atoms with E-state index >= 15 is 0 Å². The molecule has 0 saturated carbocycles. The van der Waals surface area contributed by atoms with Gasteiger partial charge in [-0.3, -0.25) is 0 Å².